The van der Waals surface area contributed by atoms with Crippen LogP contribution in [-0.4, -0.2) is 19.0 Å². The number of ether oxygens (including phenoxy) is 2. The first-order valence-corrected chi connectivity index (χ1v) is 6.97. The average molecular weight is 349 g/mol. The summed E-state index contributed by atoms with van der Waals surface area (Å²) < 4.78 is 10.4. The lowest BCUT2D eigenvalue weighted by molar-refractivity contribution is 0.0600. The van der Waals surface area contributed by atoms with E-state index < -0.39 is 11.9 Å². The van der Waals surface area contributed by atoms with E-state index in [2.05, 4.69) is 20.7 Å². The van der Waals surface area contributed by atoms with Gasteiger partial charge in [0.2, 0.25) is 0 Å². The van der Waals surface area contributed by atoms with Gasteiger partial charge in [-0.15, -0.1) is 0 Å². The van der Waals surface area contributed by atoms with Crippen molar-refractivity contribution in [1.82, 2.24) is 0 Å². The van der Waals surface area contributed by atoms with Crippen molar-refractivity contribution in [2.45, 2.75) is 6.92 Å². The highest BCUT2D eigenvalue weighted by molar-refractivity contribution is 9.10. The largest absolute Gasteiger partial charge is 0.465 e. The van der Waals surface area contributed by atoms with Gasteiger partial charge in [-0.05, 0) is 53.2 Å². The van der Waals surface area contributed by atoms with Crippen molar-refractivity contribution >= 4 is 27.9 Å². The molecule has 2 aromatic rings. The van der Waals surface area contributed by atoms with E-state index in [0.29, 0.717) is 21.3 Å². The Labute approximate surface area is 130 Å². The first kappa shape index (κ1) is 15.3. The molecule has 21 heavy (non-hydrogen) atoms. The Morgan fingerprint density at radius 3 is 2.14 bits per heavy atom. The van der Waals surface area contributed by atoms with E-state index in [4.69, 9.17) is 4.74 Å². The highest BCUT2D eigenvalue weighted by Crippen LogP contribution is 2.27. The molecule has 0 aliphatic rings. The Balaban J connectivity index is 2.18. The van der Waals surface area contributed by atoms with E-state index in [0.717, 1.165) is 5.56 Å². The van der Waals surface area contributed by atoms with E-state index >= 15 is 0 Å². The van der Waals surface area contributed by atoms with Gasteiger partial charge in [-0.25, -0.2) is 9.59 Å². The van der Waals surface area contributed by atoms with Crippen LogP contribution < -0.4 is 4.74 Å². The molecule has 0 aromatic heterocycles. The van der Waals surface area contributed by atoms with Gasteiger partial charge in [0.25, 0.3) is 0 Å². The predicted molar refractivity (Wildman–Crippen MR) is 81.6 cm³/mol. The van der Waals surface area contributed by atoms with Crippen LogP contribution in [0.15, 0.2) is 46.9 Å². The highest BCUT2D eigenvalue weighted by atomic mass is 79.9. The molecule has 108 valence electrons. The molecule has 4 nitrogen and oxygen atoms in total. The third-order valence-corrected chi connectivity index (χ3v) is 3.46. The van der Waals surface area contributed by atoms with Crippen LogP contribution in [0, 0.1) is 6.92 Å². The van der Waals surface area contributed by atoms with Crippen molar-refractivity contribution in [3.8, 4) is 5.75 Å². The SMILES string of the molecule is COC(=O)c1ccc(OC(=O)c2ccc(C)cc2)c(Br)c1. The predicted octanol–water partition coefficient (Wildman–Crippen LogP) is 3.76. The van der Waals surface area contributed by atoms with Crippen molar-refractivity contribution in [3.05, 3.63) is 63.6 Å². The summed E-state index contributed by atoms with van der Waals surface area (Å²) in [5.41, 5.74) is 1.90. The summed E-state index contributed by atoms with van der Waals surface area (Å²) in [6, 6.07) is 11.7. The summed E-state index contributed by atoms with van der Waals surface area (Å²) in [6.45, 7) is 1.94. The Hall–Kier alpha value is -2.14. The van der Waals surface area contributed by atoms with Gasteiger partial charge in [0, 0.05) is 0 Å². The van der Waals surface area contributed by atoms with Crippen molar-refractivity contribution in [1.29, 1.82) is 0 Å². The molecule has 0 bridgehead atoms. The van der Waals surface area contributed by atoms with Gasteiger partial charge in [-0.1, -0.05) is 17.7 Å². The number of carbonyl (C=O) groups excluding carboxylic acids is 2. The molecule has 0 N–H and O–H groups in total. The molecule has 0 radical (unpaired) electrons. The smallest absolute Gasteiger partial charge is 0.343 e. The standard InChI is InChI=1S/C16H13BrO4/c1-10-3-5-11(6-4-10)16(19)21-14-8-7-12(9-13(14)17)15(18)20-2/h3-9H,1-2H3. The van der Waals surface area contributed by atoms with Gasteiger partial charge in [0.1, 0.15) is 5.75 Å². The highest BCUT2D eigenvalue weighted by Gasteiger charge is 2.13. The van der Waals surface area contributed by atoms with E-state index in [-0.39, 0.29) is 0 Å². The van der Waals surface area contributed by atoms with E-state index in [1.54, 1.807) is 24.3 Å². The number of rotatable bonds is 3. The zero-order valence-electron chi connectivity index (χ0n) is 11.6. The number of benzene rings is 2. The fourth-order valence-corrected chi connectivity index (χ4v) is 2.14. The lowest BCUT2D eigenvalue weighted by Gasteiger charge is -2.08. The van der Waals surface area contributed by atoms with Gasteiger partial charge in [-0.2, -0.15) is 0 Å². The summed E-state index contributed by atoms with van der Waals surface area (Å²) in [5, 5.41) is 0. The molecular formula is C16H13BrO4. The lowest BCUT2D eigenvalue weighted by atomic mass is 10.1. The molecule has 2 aromatic carbocycles. The number of carbonyl (C=O) groups is 2. The van der Waals surface area contributed by atoms with Crippen LogP contribution in [0.2, 0.25) is 0 Å². The zero-order chi connectivity index (χ0) is 15.4. The Morgan fingerprint density at radius 1 is 0.952 bits per heavy atom. The van der Waals surface area contributed by atoms with Gasteiger partial charge in [0.05, 0.1) is 22.7 Å². The van der Waals surface area contributed by atoms with Crippen LogP contribution in [0.25, 0.3) is 0 Å². The first-order chi connectivity index (χ1) is 10.0. The third kappa shape index (κ3) is 3.70. The molecule has 0 spiro atoms. The minimum atomic E-state index is -0.457. The van der Waals surface area contributed by atoms with Crippen LogP contribution in [0.4, 0.5) is 0 Å². The van der Waals surface area contributed by atoms with Gasteiger partial charge < -0.3 is 9.47 Å². The molecule has 5 heteroatoms. The molecule has 0 aliphatic carbocycles. The number of halogens is 1. The summed E-state index contributed by atoms with van der Waals surface area (Å²) in [6.07, 6.45) is 0. The van der Waals surface area contributed by atoms with Gasteiger partial charge in [-0.3, -0.25) is 0 Å². The van der Waals surface area contributed by atoms with E-state index in [1.165, 1.54) is 13.2 Å². The molecule has 0 atom stereocenters. The van der Waals surface area contributed by atoms with Crippen molar-refractivity contribution < 1.29 is 19.1 Å². The summed E-state index contributed by atoms with van der Waals surface area (Å²) in [7, 11) is 1.31. The number of hydrogen-bond acceptors (Lipinski definition) is 4. The average Bonchev–Trinajstić information content (AvgIpc) is 2.49. The maximum Gasteiger partial charge on any atom is 0.343 e. The zero-order valence-corrected chi connectivity index (χ0v) is 13.1. The van der Waals surface area contributed by atoms with Crippen molar-refractivity contribution in [3.63, 3.8) is 0 Å². The number of esters is 2. The van der Waals surface area contributed by atoms with Crippen LogP contribution in [0.1, 0.15) is 26.3 Å². The lowest BCUT2D eigenvalue weighted by Crippen LogP contribution is -2.09. The van der Waals surface area contributed by atoms with E-state index in [9.17, 15) is 9.59 Å². The quantitative estimate of drug-likeness (QED) is 0.625. The second-order valence-corrected chi connectivity index (χ2v) is 5.25. The fraction of sp³-hybridized carbons (Fsp3) is 0.125. The van der Waals surface area contributed by atoms with Gasteiger partial charge >= 0.3 is 11.9 Å². The minimum Gasteiger partial charge on any atom is -0.465 e. The van der Waals surface area contributed by atoms with Crippen LogP contribution in [0.3, 0.4) is 0 Å². The normalized spacial score (nSPS) is 10.0. The third-order valence-electron chi connectivity index (χ3n) is 2.84. The second-order valence-electron chi connectivity index (χ2n) is 4.39. The monoisotopic (exact) mass is 348 g/mol. The molecule has 2 rings (SSSR count). The molecule has 0 unspecified atom stereocenters. The second kappa shape index (κ2) is 6.54. The van der Waals surface area contributed by atoms with Crippen molar-refractivity contribution in [2.75, 3.05) is 7.11 Å². The maximum absolute atomic E-state index is 12.0. The number of hydrogen-bond donors (Lipinski definition) is 0. The van der Waals surface area contributed by atoms with Crippen molar-refractivity contribution in [2.24, 2.45) is 0 Å². The fourth-order valence-electron chi connectivity index (χ4n) is 1.68. The molecule has 0 fully saturated rings. The number of methoxy groups -OCH3 is 1. The van der Waals surface area contributed by atoms with E-state index in [1.807, 2.05) is 19.1 Å². The molecular weight excluding hydrogens is 336 g/mol. The number of aryl methyl sites for hydroxylation is 1. The summed E-state index contributed by atoms with van der Waals surface area (Å²) in [5.74, 6) is -0.568. The molecule has 0 saturated heterocycles. The van der Waals surface area contributed by atoms with Crippen LogP contribution in [-0.2, 0) is 4.74 Å². The van der Waals surface area contributed by atoms with Gasteiger partial charge in [0.15, 0.2) is 0 Å². The maximum atomic E-state index is 12.0. The molecule has 0 heterocycles. The molecule has 0 aliphatic heterocycles. The molecule has 0 amide bonds. The Bertz CT molecular complexity index is 677. The first-order valence-electron chi connectivity index (χ1n) is 6.18. The molecule has 0 saturated carbocycles. The summed E-state index contributed by atoms with van der Waals surface area (Å²) >= 11 is 3.27. The topological polar surface area (TPSA) is 52.6 Å². The minimum absolute atomic E-state index is 0.341. The summed E-state index contributed by atoms with van der Waals surface area (Å²) in [4.78, 5) is 23.4. The van der Waals surface area contributed by atoms with Crippen LogP contribution >= 0.6 is 15.9 Å². The Kier molecular flexibility index (Phi) is 4.75. The van der Waals surface area contributed by atoms with Crippen LogP contribution in [0.5, 0.6) is 5.75 Å². The Morgan fingerprint density at radius 2 is 1.57 bits per heavy atom.